The zero-order chi connectivity index (χ0) is 10.7. The molecule has 0 aliphatic carbocycles. The fourth-order valence-corrected chi connectivity index (χ4v) is 1.62. The average Bonchev–Trinajstić information content (AvgIpc) is 2.22. The molecule has 1 heterocycles. The number of ether oxygens (including phenoxy) is 1. The Morgan fingerprint density at radius 3 is 2.67 bits per heavy atom. The molecule has 0 saturated carbocycles. The average molecular weight is 333 g/mol. The highest BCUT2D eigenvalue weighted by atomic mass is 127. The topological polar surface area (TPSA) is 35.0 Å². The molecular formula is C10H6ClIN2O. The molecule has 0 amide bonds. The van der Waals surface area contributed by atoms with Crippen molar-refractivity contribution in [3.8, 4) is 11.6 Å². The van der Waals surface area contributed by atoms with Gasteiger partial charge in [0.15, 0.2) is 5.15 Å². The summed E-state index contributed by atoms with van der Waals surface area (Å²) in [7, 11) is 0. The lowest BCUT2D eigenvalue weighted by Gasteiger charge is -2.03. The van der Waals surface area contributed by atoms with Gasteiger partial charge in [0.2, 0.25) is 5.88 Å². The van der Waals surface area contributed by atoms with E-state index in [0.717, 1.165) is 9.32 Å². The summed E-state index contributed by atoms with van der Waals surface area (Å²) in [6, 6.07) is 11.0. The number of halogens is 2. The predicted molar refractivity (Wildman–Crippen MR) is 66.3 cm³/mol. The molecule has 2 rings (SSSR count). The number of hydrogen-bond donors (Lipinski definition) is 0. The molecule has 0 bridgehead atoms. The molecule has 0 N–H and O–H groups in total. The number of aromatic nitrogens is 2. The third-order valence-corrected chi connectivity index (χ3v) is 2.50. The molecule has 76 valence electrons. The van der Waals surface area contributed by atoms with Crippen molar-refractivity contribution in [2.24, 2.45) is 0 Å². The Morgan fingerprint density at radius 1 is 1.13 bits per heavy atom. The fourth-order valence-electron chi connectivity index (χ4n) is 1.01. The Labute approximate surface area is 106 Å². The summed E-state index contributed by atoms with van der Waals surface area (Å²) in [6.45, 7) is 0. The highest BCUT2D eigenvalue weighted by molar-refractivity contribution is 14.1. The van der Waals surface area contributed by atoms with E-state index >= 15 is 0 Å². The second-order valence-electron chi connectivity index (χ2n) is 2.75. The van der Waals surface area contributed by atoms with Crippen molar-refractivity contribution in [2.75, 3.05) is 0 Å². The largest absolute Gasteiger partial charge is 0.437 e. The van der Waals surface area contributed by atoms with Gasteiger partial charge in [-0.05, 0) is 46.9 Å². The van der Waals surface area contributed by atoms with Crippen LogP contribution in [0.25, 0.3) is 0 Å². The lowest BCUT2D eigenvalue weighted by atomic mass is 10.3. The number of rotatable bonds is 2. The van der Waals surface area contributed by atoms with Crippen LogP contribution in [0.1, 0.15) is 0 Å². The van der Waals surface area contributed by atoms with E-state index in [1.165, 1.54) is 0 Å². The molecule has 0 fully saturated rings. The van der Waals surface area contributed by atoms with Crippen molar-refractivity contribution in [3.05, 3.63) is 45.1 Å². The molecule has 0 radical (unpaired) electrons. The van der Waals surface area contributed by atoms with Gasteiger partial charge in [0.25, 0.3) is 0 Å². The van der Waals surface area contributed by atoms with Crippen LogP contribution in [-0.4, -0.2) is 10.2 Å². The summed E-state index contributed by atoms with van der Waals surface area (Å²) >= 11 is 7.83. The van der Waals surface area contributed by atoms with Crippen LogP contribution in [0.15, 0.2) is 36.4 Å². The van der Waals surface area contributed by atoms with Gasteiger partial charge < -0.3 is 4.74 Å². The maximum absolute atomic E-state index is 5.61. The Balaban J connectivity index is 2.18. The summed E-state index contributed by atoms with van der Waals surface area (Å²) in [5, 5.41) is 7.83. The van der Waals surface area contributed by atoms with Gasteiger partial charge in [-0.15, -0.1) is 10.2 Å². The van der Waals surface area contributed by atoms with E-state index in [4.69, 9.17) is 16.3 Å². The Morgan fingerprint density at radius 2 is 2.00 bits per heavy atom. The van der Waals surface area contributed by atoms with E-state index in [0.29, 0.717) is 11.0 Å². The standard InChI is InChI=1S/C10H6ClIN2O/c11-9-4-5-10(14-13-9)15-8-3-1-2-7(12)6-8/h1-6H. The quantitative estimate of drug-likeness (QED) is 0.789. The zero-order valence-electron chi connectivity index (χ0n) is 7.52. The highest BCUT2D eigenvalue weighted by Crippen LogP contribution is 2.21. The van der Waals surface area contributed by atoms with Gasteiger partial charge in [-0.3, -0.25) is 0 Å². The monoisotopic (exact) mass is 332 g/mol. The van der Waals surface area contributed by atoms with E-state index in [1.54, 1.807) is 12.1 Å². The van der Waals surface area contributed by atoms with Crippen LogP contribution in [0.4, 0.5) is 0 Å². The lowest BCUT2D eigenvalue weighted by molar-refractivity contribution is 0.455. The van der Waals surface area contributed by atoms with E-state index in [1.807, 2.05) is 24.3 Å². The molecule has 1 aromatic carbocycles. The first-order valence-corrected chi connectivity index (χ1v) is 5.62. The zero-order valence-corrected chi connectivity index (χ0v) is 10.4. The van der Waals surface area contributed by atoms with Crippen molar-refractivity contribution < 1.29 is 4.74 Å². The molecule has 1 aromatic heterocycles. The first kappa shape index (κ1) is 10.6. The fraction of sp³-hybridized carbons (Fsp3) is 0. The smallest absolute Gasteiger partial charge is 0.238 e. The number of benzene rings is 1. The van der Waals surface area contributed by atoms with Gasteiger partial charge in [0.1, 0.15) is 5.75 Å². The summed E-state index contributed by atoms with van der Waals surface area (Å²) in [5.74, 6) is 1.17. The summed E-state index contributed by atoms with van der Waals surface area (Å²) in [4.78, 5) is 0. The van der Waals surface area contributed by atoms with Crippen LogP contribution < -0.4 is 4.74 Å². The minimum absolute atomic E-state index is 0.352. The van der Waals surface area contributed by atoms with Crippen molar-refractivity contribution in [1.29, 1.82) is 0 Å². The number of nitrogens with zero attached hydrogens (tertiary/aromatic N) is 2. The molecule has 0 atom stereocenters. The molecule has 0 unspecified atom stereocenters. The van der Waals surface area contributed by atoms with Crippen molar-refractivity contribution in [3.63, 3.8) is 0 Å². The van der Waals surface area contributed by atoms with E-state index in [9.17, 15) is 0 Å². The van der Waals surface area contributed by atoms with E-state index in [2.05, 4.69) is 32.8 Å². The van der Waals surface area contributed by atoms with Crippen LogP contribution in [0.5, 0.6) is 11.6 Å². The minimum atomic E-state index is 0.352. The van der Waals surface area contributed by atoms with Crippen molar-refractivity contribution in [2.45, 2.75) is 0 Å². The Hall–Kier alpha value is -0.880. The molecule has 15 heavy (non-hydrogen) atoms. The molecule has 0 spiro atoms. The number of hydrogen-bond acceptors (Lipinski definition) is 3. The second kappa shape index (κ2) is 4.76. The van der Waals surface area contributed by atoms with Crippen LogP contribution in [0.3, 0.4) is 0 Å². The molecule has 0 aliphatic rings. The summed E-state index contributed by atoms with van der Waals surface area (Å²) < 4.78 is 6.58. The molecule has 2 aromatic rings. The Bertz CT molecular complexity index is 461. The molecule has 0 saturated heterocycles. The van der Waals surface area contributed by atoms with Gasteiger partial charge in [-0.2, -0.15) is 0 Å². The van der Waals surface area contributed by atoms with Gasteiger partial charge >= 0.3 is 0 Å². The maximum atomic E-state index is 5.61. The van der Waals surface area contributed by atoms with Gasteiger partial charge in [-0.25, -0.2) is 0 Å². The lowest BCUT2D eigenvalue weighted by Crippen LogP contribution is -1.90. The van der Waals surface area contributed by atoms with Gasteiger partial charge in [0, 0.05) is 9.64 Å². The predicted octanol–water partition coefficient (Wildman–Crippen LogP) is 3.53. The molecular weight excluding hydrogens is 326 g/mol. The SMILES string of the molecule is Clc1ccc(Oc2cccc(I)c2)nn1. The summed E-state index contributed by atoms with van der Waals surface area (Å²) in [6.07, 6.45) is 0. The first-order chi connectivity index (χ1) is 7.24. The second-order valence-corrected chi connectivity index (χ2v) is 4.39. The third-order valence-electron chi connectivity index (χ3n) is 1.63. The van der Waals surface area contributed by atoms with Gasteiger partial charge in [-0.1, -0.05) is 17.7 Å². The van der Waals surface area contributed by atoms with Crippen molar-refractivity contribution >= 4 is 34.2 Å². The molecule has 3 nitrogen and oxygen atoms in total. The van der Waals surface area contributed by atoms with Crippen LogP contribution in [0, 0.1) is 3.57 Å². The molecule has 0 aliphatic heterocycles. The highest BCUT2D eigenvalue weighted by Gasteiger charge is 1.99. The molecule has 5 heteroatoms. The van der Waals surface area contributed by atoms with Gasteiger partial charge in [0.05, 0.1) is 0 Å². The van der Waals surface area contributed by atoms with Crippen molar-refractivity contribution in [1.82, 2.24) is 10.2 Å². The Kier molecular flexibility index (Phi) is 3.37. The summed E-state index contributed by atoms with van der Waals surface area (Å²) in [5.41, 5.74) is 0. The van der Waals surface area contributed by atoms with Crippen LogP contribution >= 0.6 is 34.2 Å². The normalized spacial score (nSPS) is 10.0. The maximum Gasteiger partial charge on any atom is 0.238 e. The van der Waals surface area contributed by atoms with E-state index < -0.39 is 0 Å². The van der Waals surface area contributed by atoms with E-state index in [-0.39, 0.29) is 0 Å². The minimum Gasteiger partial charge on any atom is -0.437 e. The third kappa shape index (κ3) is 3.04. The van der Waals surface area contributed by atoms with Crippen LogP contribution in [-0.2, 0) is 0 Å². The van der Waals surface area contributed by atoms with Crippen LogP contribution in [0.2, 0.25) is 5.15 Å². The first-order valence-electron chi connectivity index (χ1n) is 4.17.